The van der Waals surface area contributed by atoms with Crippen LogP contribution in [0.3, 0.4) is 0 Å². The molecular formula is C13H12F5NO. The van der Waals surface area contributed by atoms with Crippen molar-refractivity contribution in [2.24, 2.45) is 11.1 Å². The van der Waals surface area contributed by atoms with Gasteiger partial charge in [-0.05, 0) is 19.8 Å². The Bertz CT molecular complexity index is 525. The third kappa shape index (κ3) is 2.62. The van der Waals surface area contributed by atoms with Crippen LogP contribution in [0.5, 0.6) is 0 Å². The van der Waals surface area contributed by atoms with Gasteiger partial charge in [-0.2, -0.15) is 0 Å². The second-order valence-corrected chi connectivity index (χ2v) is 4.68. The van der Waals surface area contributed by atoms with E-state index in [0.29, 0.717) is 5.71 Å². The Morgan fingerprint density at radius 2 is 1.50 bits per heavy atom. The van der Waals surface area contributed by atoms with Gasteiger partial charge in [0.2, 0.25) is 5.82 Å². The summed E-state index contributed by atoms with van der Waals surface area (Å²) in [4.78, 5) is 4.70. The first kappa shape index (κ1) is 14.7. The summed E-state index contributed by atoms with van der Waals surface area (Å²) in [6.45, 7) is 0.887. The number of rotatable bonds is 4. The van der Waals surface area contributed by atoms with E-state index in [9.17, 15) is 22.0 Å². The molecule has 1 aromatic carbocycles. The Balaban J connectivity index is 2.13. The lowest BCUT2D eigenvalue weighted by Gasteiger charge is -2.24. The summed E-state index contributed by atoms with van der Waals surface area (Å²) >= 11 is 0. The minimum Gasteiger partial charge on any atom is -0.391 e. The Morgan fingerprint density at radius 1 is 1.00 bits per heavy atom. The summed E-state index contributed by atoms with van der Waals surface area (Å²) in [6.07, 6.45) is 3.00. The molecule has 1 aliphatic carbocycles. The number of hydrogen-bond acceptors (Lipinski definition) is 2. The minimum absolute atomic E-state index is 0.270. The monoisotopic (exact) mass is 293 g/mol. The molecule has 2 rings (SSSR count). The molecule has 0 saturated heterocycles. The van der Waals surface area contributed by atoms with Crippen LogP contribution >= 0.6 is 0 Å². The van der Waals surface area contributed by atoms with Crippen molar-refractivity contribution in [2.45, 2.75) is 32.8 Å². The molecule has 1 aliphatic rings. The highest BCUT2D eigenvalue weighted by atomic mass is 19.2. The van der Waals surface area contributed by atoms with Crippen molar-refractivity contribution >= 4 is 5.71 Å². The molecule has 0 aromatic heterocycles. The number of nitrogens with zero attached hydrogens (tertiary/aromatic N) is 1. The van der Waals surface area contributed by atoms with E-state index >= 15 is 0 Å². The van der Waals surface area contributed by atoms with Gasteiger partial charge in [-0.3, -0.25) is 0 Å². The first-order valence-corrected chi connectivity index (χ1v) is 6.10. The predicted octanol–water partition coefficient (Wildman–Crippen LogP) is 4.07. The van der Waals surface area contributed by atoms with E-state index in [4.69, 9.17) is 4.84 Å². The SMILES string of the molecule is C/C(=N\OCc1c(F)c(F)c(F)c(F)c1F)C1CCC1. The Labute approximate surface area is 112 Å². The van der Waals surface area contributed by atoms with E-state index in [1.165, 1.54) is 0 Å². The Hall–Kier alpha value is -1.66. The van der Waals surface area contributed by atoms with Gasteiger partial charge in [-0.1, -0.05) is 11.6 Å². The lowest BCUT2D eigenvalue weighted by Crippen LogP contribution is -2.19. The number of halogens is 5. The van der Waals surface area contributed by atoms with E-state index in [0.717, 1.165) is 19.3 Å². The van der Waals surface area contributed by atoms with Gasteiger partial charge in [0.05, 0.1) is 11.3 Å². The number of hydrogen-bond donors (Lipinski definition) is 0. The van der Waals surface area contributed by atoms with Crippen LogP contribution in [0.25, 0.3) is 0 Å². The van der Waals surface area contributed by atoms with Crippen molar-refractivity contribution in [1.82, 2.24) is 0 Å². The molecule has 0 heterocycles. The molecule has 7 heteroatoms. The summed E-state index contributed by atoms with van der Waals surface area (Å²) in [5.41, 5.74) is -0.369. The van der Waals surface area contributed by atoms with Crippen LogP contribution < -0.4 is 0 Å². The van der Waals surface area contributed by atoms with E-state index in [2.05, 4.69) is 5.16 Å². The molecule has 1 fully saturated rings. The summed E-state index contributed by atoms with van der Waals surface area (Å²) in [5, 5.41) is 3.65. The zero-order chi connectivity index (χ0) is 14.9. The zero-order valence-corrected chi connectivity index (χ0v) is 10.7. The summed E-state index contributed by atoms with van der Waals surface area (Å²) in [7, 11) is 0. The highest BCUT2D eigenvalue weighted by Crippen LogP contribution is 2.28. The highest BCUT2D eigenvalue weighted by molar-refractivity contribution is 5.84. The van der Waals surface area contributed by atoms with Crippen molar-refractivity contribution in [1.29, 1.82) is 0 Å². The van der Waals surface area contributed by atoms with Gasteiger partial charge in [0, 0.05) is 5.92 Å². The largest absolute Gasteiger partial charge is 0.391 e. The molecule has 0 spiro atoms. The number of oxime groups is 1. The molecule has 1 aromatic rings. The van der Waals surface area contributed by atoms with Crippen molar-refractivity contribution < 1.29 is 26.8 Å². The molecule has 1 saturated carbocycles. The third-order valence-corrected chi connectivity index (χ3v) is 3.41. The standard InChI is InChI=1S/C13H12F5NO/c1-6(7-3-2-4-7)19-20-5-8-9(14)11(16)13(18)12(17)10(8)15/h7H,2-5H2,1H3/b19-6+. The summed E-state index contributed by atoms with van der Waals surface area (Å²) in [5.74, 6) is -9.66. The summed E-state index contributed by atoms with van der Waals surface area (Å²) < 4.78 is 65.3. The fraction of sp³-hybridized carbons (Fsp3) is 0.462. The van der Waals surface area contributed by atoms with Crippen molar-refractivity contribution in [3.63, 3.8) is 0 Å². The normalized spacial score (nSPS) is 16.2. The molecule has 0 atom stereocenters. The van der Waals surface area contributed by atoms with Gasteiger partial charge in [-0.15, -0.1) is 0 Å². The lowest BCUT2D eigenvalue weighted by molar-refractivity contribution is 0.120. The van der Waals surface area contributed by atoms with Gasteiger partial charge in [0.15, 0.2) is 23.3 Å². The molecule has 0 bridgehead atoms. The molecule has 2 nitrogen and oxygen atoms in total. The summed E-state index contributed by atoms with van der Waals surface area (Å²) in [6, 6.07) is 0. The maximum absolute atomic E-state index is 13.3. The second kappa shape index (κ2) is 5.76. The van der Waals surface area contributed by atoms with Crippen molar-refractivity contribution in [2.75, 3.05) is 0 Å². The average molecular weight is 293 g/mol. The van der Waals surface area contributed by atoms with Gasteiger partial charge in [0.1, 0.15) is 6.61 Å². The van der Waals surface area contributed by atoms with E-state index in [1.54, 1.807) is 6.92 Å². The van der Waals surface area contributed by atoms with Gasteiger partial charge < -0.3 is 4.84 Å². The minimum atomic E-state index is -2.18. The van der Waals surface area contributed by atoms with E-state index in [-0.39, 0.29) is 5.92 Å². The first-order valence-electron chi connectivity index (χ1n) is 6.10. The maximum atomic E-state index is 13.3. The van der Waals surface area contributed by atoms with Gasteiger partial charge in [-0.25, -0.2) is 22.0 Å². The van der Waals surface area contributed by atoms with Gasteiger partial charge in [0.25, 0.3) is 0 Å². The first-order chi connectivity index (χ1) is 9.43. The second-order valence-electron chi connectivity index (χ2n) is 4.68. The van der Waals surface area contributed by atoms with Crippen LogP contribution in [0.2, 0.25) is 0 Å². The van der Waals surface area contributed by atoms with Crippen LogP contribution in [0.1, 0.15) is 31.7 Å². The number of benzene rings is 1. The smallest absolute Gasteiger partial charge is 0.200 e. The average Bonchev–Trinajstić information content (AvgIpc) is 2.36. The van der Waals surface area contributed by atoms with Crippen molar-refractivity contribution in [3.8, 4) is 0 Å². The van der Waals surface area contributed by atoms with E-state index in [1.807, 2.05) is 0 Å². The fourth-order valence-electron chi connectivity index (χ4n) is 1.88. The Kier molecular flexibility index (Phi) is 4.25. The molecule has 0 radical (unpaired) electrons. The molecule has 0 unspecified atom stereocenters. The van der Waals surface area contributed by atoms with E-state index < -0.39 is 41.3 Å². The maximum Gasteiger partial charge on any atom is 0.200 e. The molecule has 20 heavy (non-hydrogen) atoms. The molecule has 0 amide bonds. The highest BCUT2D eigenvalue weighted by Gasteiger charge is 2.26. The predicted molar refractivity (Wildman–Crippen MR) is 61.5 cm³/mol. The van der Waals surface area contributed by atoms with Crippen LogP contribution in [0.15, 0.2) is 5.16 Å². The van der Waals surface area contributed by atoms with Crippen molar-refractivity contribution in [3.05, 3.63) is 34.6 Å². The van der Waals surface area contributed by atoms with Crippen LogP contribution in [0, 0.1) is 35.0 Å². The van der Waals surface area contributed by atoms with Crippen LogP contribution in [-0.4, -0.2) is 5.71 Å². The lowest BCUT2D eigenvalue weighted by atomic mass is 9.82. The Morgan fingerprint density at radius 3 is 1.95 bits per heavy atom. The van der Waals surface area contributed by atoms with Crippen LogP contribution in [-0.2, 0) is 11.4 Å². The fourth-order valence-corrected chi connectivity index (χ4v) is 1.88. The van der Waals surface area contributed by atoms with Gasteiger partial charge >= 0.3 is 0 Å². The van der Waals surface area contributed by atoms with Crippen LogP contribution in [0.4, 0.5) is 22.0 Å². The third-order valence-electron chi connectivity index (χ3n) is 3.41. The molecule has 0 aliphatic heterocycles. The zero-order valence-electron chi connectivity index (χ0n) is 10.7. The molecule has 110 valence electrons. The molecule has 0 N–H and O–H groups in total. The molecular weight excluding hydrogens is 281 g/mol. The quantitative estimate of drug-likeness (QED) is 0.269. The topological polar surface area (TPSA) is 21.6 Å².